The molecule has 1 unspecified atom stereocenters. The second kappa shape index (κ2) is 10.3. The molecular formula is C29H16ClF5N6O2. The molecule has 0 radical (unpaired) electrons. The number of rotatable bonds is 4. The van der Waals surface area contributed by atoms with E-state index in [2.05, 4.69) is 20.6 Å². The molecule has 2 N–H and O–H groups in total. The van der Waals surface area contributed by atoms with Crippen molar-refractivity contribution in [1.82, 2.24) is 15.3 Å². The van der Waals surface area contributed by atoms with Gasteiger partial charge in [0.05, 0.1) is 17.3 Å². The van der Waals surface area contributed by atoms with Crippen LogP contribution in [-0.2, 0) is 12.6 Å². The largest absolute Gasteiger partial charge is 0.416 e. The van der Waals surface area contributed by atoms with Crippen LogP contribution in [0.4, 0.5) is 38.1 Å². The van der Waals surface area contributed by atoms with E-state index in [-0.39, 0.29) is 45.7 Å². The van der Waals surface area contributed by atoms with E-state index in [1.54, 1.807) is 0 Å². The Balaban J connectivity index is 1.60. The molecular weight excluding hydrogens is 595 g/mol. The van der Waals surface area contributed by atoms with Crippen molar-refractivity contribution in [3.05, 3.63) is 105 Å². The van der Waals surface area contributed by atoms with E-state index in [9.17, 15) is 36.8 Å². The lowest BCUT2D eigenvalue weighted by Gasteiger charge is -2.35. The first-order valence-corrected chi connectivity index (χ1v) is 13.0. The zero-order valence-corrected chi connectivity index (χ0v) is 22.3. The van der Waals surface area contributed by atoms with Gasteiger partial charge in [-0.25, -0.2) is 23.5 Å². The van der Waals surface area contributed by atoms with E-state index in [0.29, 0.717) is 35.4 Å². The minimum Gasteiger partial charge on any atom is -0.327 e. The minimum absolute atomic E-state index is 0.00754. The summed E-state index contributed by atoms with van der Waals surface area (Å²) in [5.41, 5.74) is -0.0114. The van der Waals surface area contributed by atoms with Gasteiger partial charge in [0.1, 0.15) is 24.0 Å². The van der Waals surface area contributed by atoms with Gasteiger partial charge in [-0.3, -0.25) is 9.69 Å². The van der Waals surface area contributed by atoms with Crippen LogP contribution in [0.25, 0.3) is 11.1 Å². The maximum absolute atomic E-state index is 14.4. The molecule has 43 heavy (non-hydrogen) atoms. The summed E-state index contributed by atoms with van der Waals surface area (Å²) in [6, 6.07) is 6.75. The number of benzene rings is 3. The summed E-state index contributed by atoms with van der Waals surface area (Å²) >= 11 is 6.41. The van der Waals surface area contributed by atoms with Crippen LogP contribution in [-0.4, -0.2) is 28.5 Å². The Morgan fingerprint density at radius 2 is 1.91 bits per heavy atom. The first-order valence-electron chi connectivity index (χ1n) is 12.6. The van der Waals surface area contributed by atoms with Crippen molar-refractivity contribution >= 4 is 34.9 Å². The molecule has 3 heterocycles. The molecule has 0 fully saturated rings. The molecule has 0 saturated carbocycles. The van der Waals surface area contributed by atoms with Gasteiger partial charge in [-0.2, -0.15) is 18.4 Å². The number of aromatic nitrogens is 2. The summed E-state index contributed by atoms with van der Waals surface area (Å²) in [4.78, 5) is 36.1. The van der Waals surface area contributed by atoms with E-state index in [1.165, 1.54) is 29.6 Å². The fourth-order valence-electron chi connectivity index (χ4n) is 5.40. The number of nitrogens with zero attached hydrogens (tertiary/aromatic N) is 4. The molecule has 0 aliphatic carbocycles. The topological polar surface area (TPSA) is 111 Å². The van der Waals surface area contributed by atoms with Gasteiger partial charge in [-0.1, -0.05) is 11.6 Å². The zero-order valence-electron chi connectivity index (χ0n) is 21.6. The van der Waals surface area contributed by atoms with E-state index in [1.807, 2.05) is 6.07 Å². The molecule has 0 bridgehead atoms. The maximum atomic E-state index is 14.4. The van der Waals surface area contributed by atoms with Gasteiger partial charge in [-0.15, -0.1) is 0 Å². The third-order valence-electron chi connectivity index (χ3n) is 7.21. The average Bonchev–Trinajstić information content (AvgIpc) is 3.42. The maximum Gasteiger partial charge on any atom is 0.416 e. The Hall–Kier alpha value is -5.09. The Kier molecular flexibility index (Phi) is 6.73. The van der Waals surface area contributed by atoms with E-state index >= 15 is 0 Å². The normalized spacial score (nSPS) is 15.5. The number of urea groups is 1. The van der Waals surface area contributed by atoms with Crippen molar-refractivity contribution in [1.29, 1.82) is 5.26 Å². The highest BCUT2D eigenvalue weighted by Gasteiger charge is 2.41. The fraction of sp³-hybridized carbons (Fsp3) is 0.138. The van der Waals surface area contributed by atoms with Crippen LogP contribution >= 0.6 is 11.6 Å². The number of carbonyl (C=O) groups is 2. The lowest BCUT2D eigenvalue weighted by molar-refractivity contribution is -0.137. The van der Waals surface area contributed by atoms with Gasteiger partial charge in [0.2, 0.25) is 0 Å². The SMILES string of the molecule is N#Cc1ncncc1-c1cc(NC(=O)c2cc(F)cc(C(F)(F)F)c2)c2c3c1CCN3C(=O)NC2c1cc(F)ccc1Cl. The van der Waals surface area contributed by atoms with Crippen LogP contribution < -0.4 is 15.5 Å². The summed E-state index contributed by atoms with van der Waals surface area (Å²) in [7, 11) is 0. The molecule has 2 aliphatic rings. The predicted molar refractivity (Wildman–Crippen MR) is 144 cm³/mol. The summed E-state index contributed by atoms with van der Waals surface area (Å²) in [5.74, 6) is -3.03. The smallest absolute Gasteiger partial charge is 0.327 e. The summed E-state index contributed by atoms with van der Waals surface area (Å²) < 4.78 is 68.8. The Labute approximate surface area is 244 Å². The predicted octanol–water partition coefficient (Wildman–Crippen LogP) is 6.39. The van der Waals surface area contributed by atoms with Gasteiger partial charge in [-0.05, 0) is 60.0 Å². The van der Waals surface area contributed by atoms with Crippen LogP contribution in [0, 0.1) is 23.0 Å². The van der Waals surface area contributed by atoms with Crippen molar-refractivity contribution in [2.45, 2.75) is 18.6 Å². The van der Waals surface area contributed by atoms with Crippen LogP contribution in [0.1, 0.15) is 44.3 Å². The number of amides is 3. The summed E-state index contributed by atoms with van der Waals surface area (Å²) in [6.45, 7) is 0.205. The molecule has 4 aromatic rings. The number of nitriles is 1. The molecule has 216 valence electrons. The van der Waals surface area contributed by atoms with Crippen molar-refractivity contribution < 1.29 is 31.5 Å². The summed E-state index contributed by atoms with van der Waals surface area (Å²) in [6.07, 6.45) is -2.05. The van der Waals surface area contributed by atoms with E-state index in [4.69, 9.17) is 11.6 Å². The monoisotopic (exact) mass is 610 g/mol. The molecule has 8 nitrogen and oxygen atoms in total. The molecule has 3 amide bonds. The van der Waals surface area contributed by atoms with Gasteiger partial charge in [0.25, 0.3) is 5.91 Å². The lowest BCUT2D eigenvalue weighted by Crippen LogP contribution is -2.46. The number of halogens is 6. The van der Waals surface area contributed by atoms with Crippen LogP contribution in [0.15, 0.2) is 55.0 Å². The number of carbonyl (C=O) groups excluding carboxylic acids is 2. The van der Waals surface area contributed by atoms with Gasteiger partial charge in [0, 0.05) is 45.7 Å². The first-order chi connectivity index (χ1) is 20.5. The number of nitrogens with one attached hydrogen (secondary N) is 2. The number of anilines is 2. The second-order valence-corrected chi connectivity index (χ2v) is 10.1. The number of hydrogen-bond donors (Lipinski definition) is 2. The van der Waals surface area contributed by atoms with Crippen molar-refractivity contribution in [3.8, 4) is 17.2 Å². The zero-order chi connectivity index (χ0) is 30.6. The van der Waals surface area contributed by atoms with Crippen LogP contribution in [0.5, 0.6) is 0 Å². The summed E-state index contributed by atoms with van der Waals surface area (Å²) in [5, 5.41) is 15.1. The Morgan fingerprint density at radius 3 is 2.65 bits per heavy atom. The van der Waals surface area contributed by atoms with E-state index < -0.39 is 46.9 Å². The average molecular weight is 611 g/mol. The van der Waals surface area contributed by atoms with Gasteiger partial charge >= 0.3 is 12.2 Å². The Morgan fingerprint density at radius 1 is 1.12 bits per heavy atom. The third kappa shape index (κ3) is 4.89. The first kappa shape index (κ1) is 28.0. The van der Waals surface area contributed by atoms with Crippen LogP contribution in [0.2, 0.25) is 5.02 Å². The second-order valence-electron chi connectivity index (χ2n) is 9.74. The molecule has 3 aromatic carbocycles. The fourth-order valence-corrected chi connectivity index (χ4v) is 5.63. The number of hydrogen-bond acceptors (Lipinski definition) is 5. The number of alkyl halides is 3. The van der Waals surface area contributed by atoms with Gasteiger partial charge < -0.3 is 10.6 Å². The third-order valence-corrected chi connectivity index (χ3v) is 7.56. The highest BCUT2D eigenvalue weighted by atomic mass is 35.5. The van der Waals surface area contributed by atoms with Crippen molar-refractivity contribution in [3.63, 3.8) is 0 Å². The molecule has 6 rings (SSSR count). The quantitative estimate of drug-likeness (QED) is 0.260. The molecule has 0 saturated heterocycles. The lowest BCUT2D eigenvalue weighted by atomic mass is 9.87. The van der Waals surface area contributed by atoms with Crippen molar-refractivity contribution in [2.75, 3.05) is 16.8 Å². The minimum atomic E-state index is -4.92. The molecule has 1 aromatic heterocycles. The van der Waals surface area contributed by atoms with Crippen LogP contribution in [0.3, 0.4) is 0 Å². The molecule has 2 aliphatic heterocycles. The highest BCUT2D eigenvalue weighted by molar-refractivity contribution is 6.31. The molecule has 14 heteroatoms. The highest BCUT2D eigenvalue weighted by Crippen LogP contribution is 2.50. The van der Waals surface area contributed by atoms with Gasteiger partial charge in [0.15, 0.2) is 5.69 Å². The molecule has 0 spiro atoms. The molecule has 1 atom stereocenters. The standard InChI is InChI=1S/C29H16ClF5N6O2/c30-21-2-1-15(31)8-19(21)25-24-22(39-27(42)13-5-14(29(33,34)35)7-16(32)6-13)9-18(20-11-37-12-38-23(20)10-36)17-3-4-41(26(17)24)28(43)40-25/h1-2,5-9,11-12,25H,3-4H2,(H,39,42)(H,40,43). The van der Waals surface area contributed by atoms with Crippen molar-refractivity contribution in [2.24, 2.45) is 0 Å². The van der Waals surface area contributed by atoms with E-state index in [0.717, 1.165) is 12.1 Å². The Bertz CT molecular complexity index is 1890.